The lowest BCUT2D eigenvalue weighted by Gasteiger charge is -2.32. The Hall–Kier alpha value is -3.56. The van der Waals surface area contributed by atoms with Gasteiger partial charge in [0.2, 0.25) is 5.91 Å². The maximum absolute atomic E-state index is 13.1. The van der Waals surface area contributed by atoms with Gasteiger partial charge in [-0.3, -0.25) is 9.69 Å². The van der Waals surface area contributed by atoms with Gasteiger partial charge in [0.1, 0.15) is 29.3 Å². The number of nitrogens with zero attached hydrogens (tertiary/aromatic N) is 3. The maximum atomic E-state index is 13.1. The Kier molecular flexibility index (Phi) is 6.88. The molecule has 166 valence electrons. The van der Waals surface area contributed by atoms with Crippen molar-refractivity contribution in [2.24, 2.45) is 0 Å². The lowest BCUT2D eigenvalue weighted by atomic mass is 10.2. The van der Waals surface area contributed by atoms with Crippen molar-refractivity contribution in [1.82, 2.24) is 14.9 Å². The normalized spacial score (nSPS) is 16.4. The Morgan fingerprint density at radius 2 is 2.03 bits per heavy atom. The average Bonchev–Trinajstić information content (AvgIpc) is 2.81. The minimum Gasteiger partial charge on any atom is -0.497 e. The Morgan fingerprint density at radius 1 is 1.19 bits per heavy atom. The summed E-state index contributed by atoms with van der Waals surface area (Å²) >= 11 is 0. The third kappa shape index (κ3) is 5.77. The van der Waals surface area contributed by atoms with E-state index in [-0.39, 0.29) is 18.6 Å². The Balaban J connectivity index is 1.34. The van der Waals surface area contributed by atoms with Gasteiger partial charge >= 0.3 is 0 Å². The highest BCUT2D eigenvalue weighted by Crippen LogP contribution is 2.23. The van der Waals surface area contributed by atoms with Crippen LogP contribution in [0.4, 0.5) is 21.7 Å². The van der Waals surface area contributed by atoms with Crippen LogP contribution in [0, 0.1) is 5.82 Å². The number of methoxy groups -OCH3 is 1. The third-order valence-corrected chi connectivity index (χ3v) is 4.98. The van der Waals surface area contributed by atoms with E-state index in [4.69, 9.17) is 9.47 Å². The molecule has 8 nitrogen and oxygen atoms in total. The zero-order valence-corrected chi connectivity index (χ0v) is 17.6. The molecule has 1 aromatic carbocycles. The molecule has 2 aromatic heterocycles. The number of morpholine rings is 1. The second-order valence-corrected chi connectivity index (χ2v) is 7.31. The molecule has 4 rings (SSSR count). The Morgan fingerprint density at radius 3 is 2.78 bits per heavy atom. The number of nitrogens with one attached hydrogen (secondary N) is 2. The van der Waals surface area contributed by atoms with Crippen LogP contribution in [-0.2, 0) is 9.53 Å². The van der Waals surface area contributed by atoms with Crippen molar-refractivity contribution in [2.75, 3.05) is 44.0 Å². The Labute approximate surface area is 185 Å². The van der Waals surface area contributed by atoms with Crippen LogP contribution in [0.5, 0.6) is 5.75 Å². The van der Waals surface area contributed by atoms with Crippen LogP contribution in [-0.4, -0.2) is 54.1 Å². The van der Waals surface area contributed by atoms with Gasteiger partial charge in [-0.15, -0.1) is 0 Å². The molecule has 1 atom stereocenters. The first kappa shape index (κ1) is 21.7. The lowest BCUT2D eigenvalue weighted by Crippen LogP contribution is -2.42. The minimum absolute atomic E-state index is 0.0958. The largest absolute Gasteiger partial charge is 0.497 e. The van der Waals surface area contributed by atoms with Crippen molar-refractivity contribution < 1.29 is 18.7 Å². The van der Waals surface area contributed by atoms with Crippen LogP contribution < -0.4 is 15.4 Å². The molecule has 1 fully saturated rings. The second-order valence-electron chi connectivity index (χ2n) is 7.31. The van der Waals surface area contributed by atoms with E-state index in [0.29, 0.717) is 31.3 Å². The monoisotopic (exact) mass is 437 g/mol. The lowest BCUT2D eigenvalue weighted by molar-refractivity contribution is -0.119. The summed E-state index contributed by atoms with van der Waals surface area (Å²) in [5, 5.41) is 5.96. The maximum Gasteiger partial charge on any atom is 0.238 e. The molecule has 0 saturated carbocycles. The number of ether oxygens (including phenoxy) is 2. The van der Waals surface area contributed by atoms with E-state index in [1.165, 1.54) is 6.07 Å². The number of anilines is 3. The number of carbonyl (C=O) groups is 1. The highest BCUT2D eigenvalue weighted by Gasteiger charge is 2.24. The number of amides is 1. The van der Waals surface area contributed by atoms with Crippen molar-refractivity contribution in [1.29, 1.82) is 0 Å². The van der Waals surface area contributed by atoms with E-state index < -0.39 is 5.82 Å². The number of benzene rings is 1. The second kappa shape index (κ2) is 10.2. The summed E-state index contributed by atoms with van der Waals surface area (Å²) < 4.78 is 24.1. The summed E-state index contributed by atoms with van der Waals surface area (Å²) in [4.78, 5) is 23.1. The zero-order chi connectivity index (χ0) is 22.3. The van der Waals surface area contributed by atoms with E-state index in [0.717, 1.165) is 23.3 Å². The van der Waals surface area contributed by atoms with E-state index in [1.54, 1.807) is 43.5 Å². The fraction of sp³-hybridized carbons (Fsp3) is 0.261. The molecule has 3 heterocycles. The number of rotatable bonds is 7. The minimum atomic E-state index is -0.399. The van der Waals surface area contributed by atoms with E-state index in [9.17, 15) is 9.18 Å². The number of halogens is 1. The quantitative estimate of drug-likeness (QED) is 0.586. The molecule has 9 heteroatoms. The van der Waals surface area contributed by atoms with Crippen LogP contribution >= 0.6 is 0 Å². The number of pyridine rings is 2. The summed E-state index contributed by atoms with van der Waals surface area (Å²) in [5.41, 5.74) is 1.47. The first-order valence-electron chi connectivity index (χ1n) is 10.2. The fourth-order valence-electron chi connectivity index (χ4n) is 3.38. The number of hydrogen-bond donors (Lipinski definition) is 2. The molecule has 0 bridgehead atoms. The number of aromatic nitrogens is 2. The summed E-state index contributed by atoms with van der Waals surface area (Å²) in [6, 6.07) is 15.6. The van der Waals surface area contributed by atoms with Crippen molar-refractivity contribution in [3.63, 3.8) is 0 Å². The van der Waals surface area contributed by atoms with Gasteiger partial charge in [0.25, 0.3) is 0 Å². The van der Waals surface area contributed by atoms with Crippen LogP contribution in [0.3, 0.4) is 0 Å². The molecule has 1 amide bonds. The van der Waals surface area contributed by atoms with Gasteiger partial charge < -0.3 is 20.1 Å². The average molecular weight is 437 g/mol. The van der Waals surface area contributed by atoms with Crippen molar-refractivity contribution in [3.8, 4) is 5.75 Å². The third-order valence-electron chi connectivity index (χ3n) is 4.98. The highest BCUT2D eigenvalue weighted by atomic mass is 19.1. The fourth-order valence-corrected chi connectivity index (χ4v) is 3.38. The van der Waals surface area contributed by atoms with Crippen molar-refractivity contribution in [3.05, 3.63) is 72.3 Å². The van der Waals surface area contributed by atoms with Crippen molar-refractivity contribution in [2.45, 2.75) is 6.10 Å². The molecule has 1 unspecified atom stereocenters. The van der Waals surface area contributed by atoms with Gasteiger partial charge in [-0.1, -0.05) is 6.07 Å². The molecule has 1 aliphatic heterocycles. The molecule has 0 radical (unpaired) electrons. The van der Waals surface area contributed by atoms with Gasteiger partial charge in [0, 0.05) is 18.8 Å². The molecule has 2 N–H and O–H groups in total. The van der Waals surface area contributed by atoms with Gasteiger partial charge in [-0.25, -0.2) is 14.4 Å². The van der Waals surface area contributed by atoms with Crippen LogP contribution in [0.25, 0.3) is 0 Å². The summed E-state index contributed by atoms with van der Waals surface area (Å²) in [5.74, 6) is 1.32. The smallest absolute Gasteiger partial charge is 0.238 e. The standard InChI is InChI=1S/C23H24FN5O3/c1-31-18-8-6-17(7-9-18)26-23(30)15-29-11-12-32-20(14-29)19-3-2-4-22(27-19)28-21-10-5-16(24)13-25-21/h2-10,13,20H,11-12,14-15H2,1H3,(H,26,30)(H,25,27,28). The summed E-state index contributed by atoms with van der Waals surface area (Å²) in [7, 11) is 1.60. The Bertz CT molecular complexity index is 1050. The predicted octanol–water partition coefficient (Wildman–Crippen LogP) is 3.38. The zero-order valence-electron chi connectivity index (χ0n) is 17.6. The highest BCUT2D eigenvalue weighted by molar-refractivity contribution is 5.92. The molecule has 32 heavy (non-hydrogen) atoms. The SMILES string of the molecule is COc1ccc(NC(=O)CN2CCOC(c3cccc(Nc4ccc(F)cn4)n3)C2)cc1. The predicted molar refractivity (Wildman–Crippen MR) is 118 cm³/mol. The van der Waals surface area contributed by atoms with Crippen LogP contribution in [0.15, 0.2) is 60.8 Å². The topological polar surface area (TPSA) is 88.6 Å². The summed E-state index contributed by atoms with van der Waals surface area (Å²) in [6.45, 7) is 1.95. The van der Waals surface area contributed by atoms with Crippen LogP contribution in [0.1, 0.15) is 11.8 Å². The molecule has 0 spiro atoms. The molecular weight excluding hydrogens is 413 g/mol. The van der Waals surface area contributed by atoms with Gasteiger partial charge in [-0.05, 0) is 48.5 Å². The van der Waals surface area contributed by atoms with Gasteiger partial charge in [-0.2, -0.15) is 0 Å². The molecule has 1 saturated heterocycles. The molecular formula is C23H24FN5O3. The van der Waals surface area contributed by atoms with E-state index in [1.807, 2.05) is 17.0 Å². The molecule has 3 aromatic rings. The molecule has 1 aliphatic rings. The van der Waals surface area contributed by atoms with Gasteiger partial charge in [0.05, 0.1) is 32.2 Å². The summed E-state index contributed by atoms with van der Waals surface area (Å²) in [6.07, 6.45) is 0.881. The first-order chi connectivity index (χ1) is 15.6. The van der Waals surface area contributed by atoms with Crippen LogP contribution in [0.2, 0.25) is 0 Å². The van der Waals surface area contributed by atoms with Gasteiger partial charge in [0.15, 0.2) is 0 Å². The van der Waals surface area contributed by atoms with E-state index >= 15 is 0 Å². The molecule has 0 aliphatic carbocycles. The number of carbonyl (C=O) groups excluding carboxylic acids is 1. The van der Waals surface area contributed by atoms with E-state index in [2.05, 4.69) is 20.6 Å². The van der Waals surface area contributed by atoms with Crippen molar-refractivity contribution >= 4 is 23.2 Å². The number of hydrogen-bond acceptors (Lipinski definition) is 7. The first-order valence-corrected chi connectivity index (χ1v) is 10.2.